The third-order valence-corrected chi connectivity index (χ3v) is 7.33. The summed E-state index contributed by atoms with van der Waals surface area (Å²) in [6, 6.07) is 16.0. The molecule has 3 aromatic carbocycles. The van der Waals surface area contributed by atoms with Crippen molar-refractivity contribution < 1.29 is 32.2 Å². The highest BCUT2D eigenvalue weighted by atomic mass is 32.1. The number of thiol groups is 1. The Labute approximate surface area is 257 Å². The van der Waals surface area contributed by atoms with Gasteiger partial charge in [-0.2, -0.15) is 5.26 Å². The number of methoxy groups -OCH3 is 1. The molecular weight excluding hydrogens is 574 g/mol. The minimum Gasteiger partial charge on any atom is -0.492 e. The summed E-state index contributed by atoms with van der Waals surface area (Å²) < 4.78 is 42.6. The number of hydrogen-bond acceptors (Lipinski definition) is 8. The maximum atomic E-state index is 11.7. The van der Waals surface area contributed by atoms with E-state index in [1.54, 1.807) is 6.08 Å². The van der Waals surface area contributed by atoms with E-state index in [0.29, 0.717) is 31.4 Å². The van der Waals surface area contributed by atoms with Crippen molar-refractivity contribution in [2.45, 2.75) is 52.1 Å². The Morgan fingerprint density at radius 1 is 1.14 bits per heavy atom. The third kappa shape index (κ3) is 8.06. The molecule has 0 saturated heterocycles. The monoisotopic (exact) mass is 610 g/mol. The number of fused-ring (bicyclic) bond motifs is 2. The Kier molecular flexibility index (Phi) is 12.0. The van der Waals surface area contributed by atoms with Crippen molar-refractivity contribution in [1.82, 2.24) is 5.34 Å². The number of halogens is 2. The first-order valence-corrected chi connectivity index (χ1v) is 14.1. The molecule has 1 aliphatic carbocycles. The molecule has 0 saturated carbocycles. The molecule has 0 unspecified atom stereocenters. The lowest BCUT2D eigenvalue weighted by atomic mass is 9.87. The van der Waals surface area contributed by atoms with Crippen LogP contribution in [0.1, 0.15) is 65.2 Å². The van der Waals surface area contributed by atoms with Crippen LogP contribution in [0.5, 0.6) is 17.2 Å². The zero-order chi connectivity index (χ0) is 31.7. The highest BCUT2D eigenvalue weighted by Crippen LogP contribution is 2.45. The zero-order valence-electron chi connectivity index (χ0n) is 24.9. The minimum atomic E-state index is -1.00. The first-order valence-electron chi connectivity index (χ1n) is 13.7. The standard InChI is InChI=1S/C29H27NO5S.C3H6.CH3F2N/c1-16-10-21(35-36)11-17(2)28(16)29-18(14-30)4-6-23-24(29)8-9-25(23)34-20-5-7-22-19(12-27(31)32-3)15-33-26(22)13-20;1-3-2;1-4(2)3/h4-7,10-11,13,19,25,36H,8-9,12,15H2,1-3H3;3H,1H2,2H3;1H3/t19-,25-;;/m1../s1. The number of aryl methyl sites for hydroxylation is 2. The van der Waals surface area contributed by atoms with Gasteiger partial charge in [0.25, 0.3) is 0 Å². The number of benzene rings is 3. The predicted octanol–water partition coefficient (Wildman–Crippen LogP) is 8.05. The Bertz CT molecular complexity index is 1480. The van der Waals surface area contributed by atoms with Gasteiger partial charge in [-0.1, -0.05) is 18.2 Å². The average Bonchev–Trinajstić information content (AvgIpc) is 3.56. The summed E-state index contributed by atoms with van der Waals surface area (Å²) in [7, 11) is 2.06. The summed E-state index contributed by atoms with van der Waals surface area (Å²) in [4.78, 5) is 11.7. The predicted molar refractivity (Wildman–Crippen MR) is 165 cm³/mol. The average molecular weight is 611 g/mol. The number of allylic oxidation sites excluding steroid dienone is 1. The van der Waals surface area contributed by atoms with Gasteiger partial charge in [0, 0.05) is 41.4 Å². The van der Waals surface area contributed by atoms with E-state index in [4.69, 9.17) is 18.4 Å². The van der Waals surface area contributed by atoms with E-state index in [1.807, 2.05) is 63.2 Å². The van der Waals surface area contributed by atoms with Gasteiger partial charge in [0.05, 0.1) is 38.8 Å². The van der Waals surface area contributed by atoms with Crippen molar-refractivity contribution in [2.24, 2.45) is 0 Å². The molecule has 2 aliphatic rings. The Hall–Kier alpha value is -4.07. The second kappa shape index (κ2) is 15.4. The fraction of sp³-hybridized carbons (Fsp3) is 0.333. The molecule has 43 heavy (non-hydrogen) atoms. The lowest BCUT2D eigenvalue weighted by Crippen LogP contribution is -2.09. The molecule has 10 heteroatoms. The smallest absolute Gasteiger partial charge is 0.306 e. The van der Waals surface area contributed by atoms with E-state index in [1.165, 1.54) is 7.11 Å². The second-order valence-corrected chi connectivity index (χ2v) is 10.3. The first-order chi connectivity index (χ1) is 20.6. The van der Waals surface area contributed by atoms with Crippen LogP contribution >= 0.6 is 12.9 Å². The number of hydrogen-bond donors (Lipinski definition) is 1. The molecule has 0 bridgehead atoms. The molecule has 1 heterocycles. The van der Waals surface area contributed by atoms with Crippen molar-refractivity contribution in [3.63, 3.8) is 0 Å². The highest BCUT2D eigenvalue weighted by molar-refractivity contribution is 7.75. The fourth-order valence-corrected chi connectivity index (χ4v) is 5.59. The van der Waals surface area contributed by atoms with Gasteiger partial charge in [0.15, 0.2) is 0 Å². The maximum absolute atomic E-state index is 11.7. The van der Waals surface area contributed by atoms with Gasteiger partial charge in [-0.15, -0.1) is 15.5 Å². The van der Waals surface area contributed by atoms with E-state index in [9.17, 15) is 19.0 Å². The molecule has 5 rings (SSSR count). The largest absolute Gasteiger partial charge is 0.492 e. The Balaban J connectivity index is 0.000000657. The van der Waals surface area contributed by atoms with Crippen LogP contribution < -0.4 is 13.7 Å². The van der Waals surface area contributed by atoms with E-state index < -0.39 is 5.34 Å². The van der Waals surface area contributed by atoms with Gasteiger partial charge < -0.3 is 18.4 Å². The van der Waals surface area contributed by atoms with Gasteiger partial charge in [0.2, 0.25) is 0 Å². The molecule has 0 aromatic heterocycles. The van der Waals surface area contributed by atoms with E-state index >= 15 is 0 Å². The Morgan fingerprint density at radius 2 is 1.77 bits per heavy atom. The van der Waals surface area contributed by atoms with Gasteiger partial charge >= 0.3 is 5.97 Å². The van der Waals surface area contributed by atoms with Crippen LogP contribution in [0.4, 0.5) is 8.96 Å². The maximum Gasteiger partial charge on any atom is 0.306 e. The van der Waals surface area contributed by atoms with E-state index in [0.717, 1.165) is 63.3 Å². The topological polar surface area (TPSA) is 81.0 Å². The molecule has 2 atom stereocenters. The third-order valence-electron chi connectivity index (χ3n) is 7.12. The number of carbonyl (C=O) groups excluding carboxylic acids is 1. The number of carbonyl (C=O) groups is 1. The van der Waals surface area contributed by atoms with Crippen LogP contribution in [0.3, 0.4) is 0 Å². The SMILES string of the molecule is C=CC.CN(F)F.COC(=O)C[C@@H]1COc2cc(O[C@@H]3CCc4c3ccc(C#N)c4-c3c(C)cc(OS)cc3C)ccc21. The summed E-state index contributed by atoms with van der Waals surface area (Å²) in [6.45, 7) is 9.76. The summed E-state index contributed by atoms with van der Waals surface area (Å²) in [5.74, 6) is 1.89. The summed E-state index contributed by atoms with van der Waals surface area (Å²) in [5.41, 5.74) is 8.01. The van der Waals surface area contributed by atoms with Crippen LogP contribution in [0.15, 0.2) is 55.1 Å². The molecule has 0 fully saturated rings. The van der Waals surface area contributed by atoms with Gasteiger partial charge in [-0.3, -0.25) is 4.79 Å². The van der Waals surface area contributed by atoms with Crippen molar-refractivity contribution in [2.75, 3.05) is 20.8 Å². The number of nitriles is 1. The molecular formula is C33H36F2N2O5S. The number of ether oxygens (including phenoxy) is 3. The molecule has 228 valence electrons. The van der Waals surface area contributed by atoms with Crippen LogP contribution in [-0.2, 0) is 16.0 Å². The molecule has 0 spiro atoms. The lowest BCUT2D eigenvalue weighted by molar-refractivity contribution is -0.141. The summed E-state index contributed by atoms with van der Waals surface area (Å²) in [6.07, 6.45) is 3.55. The van der Waals surface area contributed by atoms with Crippen LogP contribution in [0.2, 0.25) is 0 Å². The van der Waals surface area contributed by atoms with Gasteiger partial charge in [-0.25, -0.2) is 0 Å². The fourth-order valence-electron chi connectivity index (χ4n) is 5.49. The quantitative estimate of drug-likeness (QED) is 0.0994. The summed E-state index contributed by atoms with van der Waals surface area (Å²) >= 11 is 3.94. The van der Waals surface area contributed by atoms with E-state index in [2.05, 4.69) is 25.6 Å². The molecule has 0 amide bonds. The van der Waals surface area contributed by atoms with Crippen LogP contribution in [0.25, 0.3) is 11.1 Å². The first kappa shape index (κ1) is 33.4. The van der Waals surface area contributed by atoms with Crippen molar-refractivity contribution in [3.05, 3.63) is 88.5 Å². The molecule has 0 radical (unpaired) electrons. The van der Waals surface area contributed by atoms with Crippen LogP contribution in [0, 0.1) is 25.2 Å². The van der Waals surface area contributed by atoms with E-state index in [-0.39, 0.29) is 18.0 Å². The number of rotatable bonds is 6. The molecule has 7 nitrogen and oxygen atoms in total. The highest BCUT2D eigenvalue weighted by Gasteiger charge is 2.31. The molecule has 1 aliphatic heterocycles. The lowest BCUT2D eigenvalue weighted by Gasteiger charge is -2.19. The molecule has 3 aromatic rings. The zero-order valence-corrected chi connectivity index (χ0v) is 25.8. The van der Waals surface area contributed by atoms with Crippen molar-refractivity contribution in [1.29, 1.82) is 5.26 Å². The van der Waals surface area contributed by atoms with Gasteiger partial charge in [0.1, 0.15) is 23.4 Å². The number of esters is 1. The number of nitrogens with zero attached hydrogens (tertiary/aromatic N) is 2. The summed E-state index contributed by atoms with van der Waals surface area (Å²) in [5, 5.41) is 8.92. The molecule has 0 N–H and O–H groups in total. The van der Waals surface area contributed by atoms with Crippen molar-refractivity contribution >= 4 is 18.9 Å². The second-order valence-electron chi connectivity index (χ2n) is 10.1. The normalized spacial score (nSPS) is 15.8. The van der Waals surface area contributed by atoms with Gasteiger partial charge in [-0.05, 0) is 85.7 Å². The van der Waals surface area contributed by atoms with Crippen LogP contribution in [-0.4, -0.2) is 32.1 Å². The Morgan fingerprint density at radius 3 is 2.35 bits per heavy atom. The minimum absolute atomic E-state index is 0.00788. The van der Waals surface area contributed by atoms with Crippen molar-refractivity contribution in [3.8, 4) is 34.4 Å².